The van der Waals surface area contributed by atoms with Gasteiger partial charge >= 0.3 is 0 Å². The number of benzene rings is 3. The lowest BCUT2D eigenvalue weighted by atomic mass is 10.1. The lowest BCUT2D eigenvalue weighted by molar-refractivity contribution is -0.384. The van der Waals surface area contributed by atoms with Crippen molar-refractivity contribution in [2.45, 2.75) is 13.5 Å². The molecule has 10 heteroatoms. The average molecular weight is 561 g/mol. The number of rotatable bonds is 7. The van der Waals surface area contributed by atoms with E-state index in [4.69, 9.17) is 27.9 Å². The molecule has 3 rings (SSSR count). The maximum atomic E-state index is 12.7. The molecule has 0 unspecified atom stereocenters. The topological polar surface area (TPSA) is 105 Å². The van der Waals surface area contributed by atoms with Gasteiger partial charge in [0.1, 0.15) is 18.2 Å². The average Bonchev–Trinajstić information content (AvgIpc) is 2.79. The Labute approximate surface area is 213 Å². The van der Waals surface area contributed by atoms with Crippen LogP contribution in [0.15, 0.2) is 64.6 Å². The number of carbonyl (C=O) groups is 1. The maximum absolute atomic E-state index is 12.7. The van der Waals surface area contributed by atoms with Crippen molar-refractivity contribution in [1.82, 2.24) is 0 Å². The fourth-order valence-corrected chi connectivity index (χ4v) is 4.11. The van der Waals surface area contributed by atoms with E-state index in [1.165, 1.54) is 24.3 Å². The van der Waals surface area contributed by atoms with Crippen LogP contribution in [-0.2, 0) is 11.4 Å². The lowest BCUT2D eigenvalue weighted by Crippen LogP contribution is -2.14. The number of ether oxygens (including phenoxy) is 1. The summed E-state index contributed by atoms with van der Waals surface area (Å²) in [6.45, 7) is 1.88. The van der Waals surface area contributed by atoms with Gasteiger partial charge in [0.25, 0.3) is 11.6 Å². The van der Waals surface area contributed by atoms with E-state index < -0.39 is 10.8 Å². The smallest absolute Gasteiger partial charge is 0.271 e. The quantitative estimate of drug-likeness (QED) is 0.144. The van der Waals surface area contributed by atoms with Crippen molar-refractivity contribution in [3.63, 3.8) is 0 Å². The Morgan fingerprint density at radius 1 is 1.21 bits per heavy atom. The first-order valence-corrected chi connectivity index (χ1v) is 11.3. The number of hydrogen-bond donors (Lipinski definition) is 1. The Hall–Kier alpha value is -3.38. The van der Waals surface area contributed by atoms with E-state index in [0.717, 1.165) is 5.56 Å². The molecule has 0 aliphatic carbocycles. The molecule has 0 fully saturated rings. The molecule has 1 amide bonds. The molecule has 0 aliphatic heterocycles. The van der Waals surface area contributed by atoms with Gasteiger partial charge in [-0.3, -0.25) is 14.9 Å². The van der Waals surface area contributed by atoms with Crippen molar-refractivity contribution in [3.05, 3.63) is 101 Å². The van der Waals surface area contributed by atoms with Gasteiger partial charge in [-0.15, -0.1) is 0 Å². The summed E-state index contributed by atoms with van der Waals surface area (Å²) >= 11 is 15.9. The van der Waals surface area contributed by atoms with Crippen LogP contribution < -0.4 is 10.1 Å². The Morgan fingerprint density at radius 3 is 2.59 bits per heavy atom. The number of halogens is 3. The van der Waals surface area contributed by atoms with E-state index in [1.807, 2.05) is 24.3 Å². The summed E-state index contributed by atoms with van der Waals surface area (Å²) in [4.78, 5) is 23.1. The third kappa shape index (κ3) is 6.14. The van der Waals surface area contributed by atoms with E-state index in [9.17, 15) is 20.2 Å². The number of nitriles is 1. The van der Waals surface area contributed by atoms with Gasteiger partial charge in [0.2, 0.25) is 0 Å². The maximum Gasteiger partial charge on any atom is 0.271 e. The molecule has 172 valence electrons. The first-order valence-electron chi connectivity index (χ1n) is 9.73. The Bertz CT molecular complexity index is 1330. The third-order valence-corrected chi connectivity index (χ3v) is 5.95. The molecule has 1 N–H and O–H groups in total. The minimum absolute atomic E-state index is 0.175. The van der Waals surface area contributed by atoms with E-state index in [0.29, 0.717) is 26.4 Å². The van der Waals surface area contributed by atoms with Gasteiger partial charge in [-0.1, -0.05) is 47.5 Å². The number of anilines is 1. The van der Waals surface area contributed by atoms with Gasteiger partial charge in [0.15, 0.2) is 5.75 Å². The number of nitrogens with zero attached hydrogens (tertiary/aromatic N) is 2. The zero-order valence-electron chi connectivity index (χ0n) is 17.6. The zero-order valence-corrected chi connectivity index (χ0v) is 20.7. The zero-order chi connectivity index (χ0) is 24.8. The largest absolute Gasteiger partial charge is 0.486 e. The van der Waals surface area contributed by atoms with Crippen molar-refractivity contribution < 1.29 is 14.5 Å². The van der Waals surface area contributed by atoms with E-state index in [-0.39, 0.29) is 28.6 Å². The van der Waals surface area contributed by atoms with Crippen LogP contribution in [-0.4, -0.2) is 10.8 Å². The Balaban J connectivity index is 1.81. The molecule has 3 aromatic rings. The molecule has 0 atom stereocenters. The molecule has 34 heavy (non-hydrogen) atoms. The second-order valence-electron chi connectivity index (χ2n) is 7.07. The Morgan fingerprint density at radius 2 is 1.94 bits per heavy atom. The van der Waals surface area contributed by atoms with Crippen molar-refractivity contribution in [2.24, 2.45) is 0 Å². The predicted octanol–water partition coefficient (Wildman–Crippen LogP) is 7.10. The fourth-order valence-electron chi connectivity index (χ4n) is 2.93. The van der Waals surface area contributed by atoms with Crippen molar-refractivity contribution in [2.75, 3.05) is 5.32 Å². The summed E-state index contributed by atoms with van der Waals surface area (Å²) < 4.78 is 6.33. The molecule has 0 aromatic heterocycles. The third-order valence-electron chi connectivity index (χ3n) is 4.71. The summed E-state index contributed by atoms with van der Waals surface area (Å²) in [6.07, 6.45) is 1.36. The molecule has 0 saturated heterocycles. The van der Waals surface area contributed by atoms with Gasteiger partial charge in [-0.2, -0.15) is 5.26 Å². The van der Waals surface area contributed by atoms with Crippen LogP contribution in [0, 0.1) is 28.4 Å². The monoisotopic (exact) mass is 559 g/mol. The molecule has 0 spiro atoms. The number of nitro groups is 1. The fraction of sp³-hybridized carbons (Fsp3) is 0.0833. The van der Waals surface area contributed by atoms with Crippen LogP contribution in [0.5, 0.6) is 5.75 Å². The van der Waals surface area contributed by atoms with Crippen LogP contribution in [0.1, 0.15) is 16.7 Å². The lowest BCUT2D eigenvalue weighted by Gasteiger charge is -2.12. The van der Waals surface area contributed by atoms with Crippen LogP contribution in [0.4, 0.5) is 11.4 Å². The number of nitro benzene ring substituents is 1. The highest BCUT2D eigenvalue weighted by atomic mass is 79.9. The van der Waals surface area contributed by atoms with Crippen molar-refractivity contribution >= 4 is 62.5 Å². The summed E-state index contributed by atoms with van der Waals surface area (Å²) in [5, 5.41) is 23.9. The molecule has 0 saturated carbocycles. The molecular weight excluding hydrogens is 545 g/mol. The van der Waals surface area contributed by atoms with Crippen molar-refractivity contribution in [1.29, 1.82) is 5.26 Å². The molecule has 7 nitrogen and oxygen atoms in total. The number of nitrogens with one attached hydrogen (secondary N) is 1. The second-order valence-corrected chi connectivity index (χ2v) is 8.74. The highest BCUT2D eigenvalue weighted by molar-refractivity contribution is 9.10. The van der Waals surface area contributed by atoms with Crippen molar-refractivity contribution in [3.8, 4) is 11.8 Å². The number of non-ortho nitro benzene ring substituents is 1. The number of amides is 1. The van der Waals surface area contributed by atoms with Crippen LogP contribution in [0.25, 0.3) is 6.08 Å². The summed E-state index contributed by atoms with van der Waals surface area (Å²) in [5.41, 5.74) is 1.73. The molecule has 0 heterocycles. The first-order chi connectivity index (χ1) is 16.2. The van der Waals surface area contributed by atoms with Gasteiger partial charge in [0.05, 0.1) is 20.1 Å². The standard InChI is InChI=1S/C24H16BrCl2N3O4/c1-14-6-7-18(30(32)33)11-22(14)29-24(31)17(12-28)8-15-9-19(25)23(21(27)10-15)34-13-16-4-2-3-5-20(16)26/h2-11H,13H2,1H3,(H,29,31)/b17-8+. The van der Waals surface area contributed by atoms with Crippen LogP contribution in [0.3, 0.4) is 0 Å². The van der Waals surface area contributed by atoms with E-state index in [1.54, 1.807) is 25.1 Å². The minimum Gasteiger partial charge on any atom is -0.486 e. The van der Waals surface area contributed by atoms with Crippen LogP contribution in [0.2, 0.25) is 10.0 Å². The Kier molecular flexibility index (Phi) is 8.29. The highest BCUT2D eigenvalue weighted by Gasteiger charge is 2.16. The number of aryl methyl sites for hydroxylation is 1. The minimum atomic E-state index is -0.711. The van der Waals surface area contributed by atoms with E-state index >= 15 is 0 Å². The van der Waals surface area contributed by atoms with Gasteiger partial charge in [-0.25, -0.2) is 0 Å². The molecular formula is C24H16BrCl2N3O4. The highest BCUT2D eigenvalue weighted by Crippen LogP contribution is 2.36. The SMILES string of the molecule is Cc1ccc([N+](=O)[O-])cc1NC(=O)/C(C#N)=C/c1cc(Cl)c(OCc2ccccc2Cl)c(Br)c1. The normalized spacial score (nSPS) is 11.0. The van der Waals surface area contributed by atoms with Gasteiger partial charge in [-0.05, 0) is 58.3 Å². The molecule has 0 radical (unpaired) electrons. The number of hydrogen-bond acceptors (Lipinski definition) is 5. The van der Waals surface area contributed by atoms with Gasteiger partial charge < -0.3 is 10.1 Å². The van der Waals surface area contributed by atoms with Gasteiger partial charge in [0, 0.05) is 22.7 Å². The summed E-state index contributed by atoms with van der Waals surface area (Å²) in [5.74, 6) is -0.327. The van der Waals surface area contributed by atoms with Crippen LogP contribution >= 0.6 is 39.1 Å². The predicted molar refractivity (Wildman–Crippen MR) is 135 cm³/mol. The molecule has 3 aromatic carbocycles. The summed E-state index contributed by atoms with van der Waals surface area (Å²) in [7, 11) is 0. The van der Waals surface area contributed by atoms with E-state index in [2.05, 4.69) is 21.2 Å². The molecule has 0 bridgehead atoms. The summed E-state index contributed by atoms with van der Waals surface area (Å²) in [6, 6.07) is 16.4. The molecule has 0 aliphatic rings. The first kappa shape index (κ1) is 25.2. The second kappa shape index (κ2) is 11.2. The number of carbonyl (C=O) groups excluding carboxylic acids is 1.